The predicted molar refractivity (Wildman–Crippen MR) is 112 cm³/mol. The van der Waals surface area contributed by atoms with Crippen LogP contribution in [-0.2, 0) is 9.53 Å². The number of rotatable bonds is 9. The van der Waals surface area contributed by atoms with E-state index < -0.39 is 18.0 Å². The minimum absolute atomic E-state index is 0.197. The highest BCUT2D eigenvalue weighted by Crippen LogP contribution is 2.30. The van der Waals surface area contributed by atoms with Gasteiger partial charge in [-0.25, -0.2) is 4.79 Å². The average Bonchev–Trinajstić information content (AvgIpc) is 2.80. The molecule has 1 amide bonds. The number of ketones is 1. The maximum absolute atomic E-state index is 12.6. The molecule has 0 spiro atoms. The van der Waals surface area contributed by atoms with E-state index in [0.717, 1.165) is 0 Å². The highest BCUT2D eigenvalue weighted by molar-refractivity contribution is 6.00. The first kappa shape index (κ1) is 22.1. The number of Topliss-reactive ketones (excluding diaryl/α,β-unsaturated/α-hetero) is 1. The lowest BCUT2D eigenvalue weighted by atomic mass is 10.1. The van der Waals surface area contributed by atoms with Crippen LogP contribution in [0.2, 0.25) is 0 Å². The Morgan fingerprint density at radius 1 is 1.03 bits per heavy atom. The first-order chi connectivity index (χ1) is 15.0. The van der Waals surface area contributed by atoms with Crippen molar-refractivity contribution in [2.75, 3.05) is 26.4 Å². The van der Waals surface area contributed by atoms with Crippen molar-refractivity contribution in [2.45, 2.75) is 26.4 Å². The van der Waals surface area contributed by atoms with Gasteiger partial charge in [-0.15, -0.1) is 0 Å². The number of nitrogens with one attached hydrogen (secondary N) is 1. The Hall–Kier alpha value is -3.55. The third kappa shape index (κ3) is 5.53. The quantitative estimate of drug-likeness (QED) is 0.485. The van der Waals surface area contributed by atoms with Crippen LogP contribution in [0.15, 0.2) is 42.5 Å². The largest absolute Gasteiger partial charge is 0.486 e. The summed E-state index contributed by atoms with van der Waals surface area (Å²) < 4.78 is 21.7. The third-order valence-electron chi connectivity index (χ3n) is 4.60. The Balaban J connectivity index is 1.62. The molecule has 1 aliphatic heterocycles. The first-order valence-corrected chi connectivity index (χ1v) is 10.2. The smallest absolute Gasteiger partial charge is 0.341 e. The standard InChI is InChI=1S/C23H25NO7/c1-3-18(31-19-8-6-5-7-16(19)23(27)28-4-2)22(26)24-14-17(25)15-9-10-20-21(13-15)30-12-11-29-20/h5-10,13,18H,3-4,11-12,14H2,1-2H3,(H,24,26). The molecule has 31 heavy (non-hydrogen) atoms. The molecule has 0 saturated carbocycles. The van der Waals surface area contributed by atoms with Crippen LogP contribution in [0.1, 0.15) is 41.0 Å². The van der Waals surface area contributed by atoms with Gasteiger partial charge in [0.2, 0.25) is 0 Å². The minimum Gasteiger partial charge on any atom is -0.486 e. The van der Waals surface area contributed by atoms with E-state index in [-0.39, 0.29) is 30.2 Å². The van der Waals surface area contributed by atoms with Crippen LogP contribution in [-0.4, -0.2) is 50.1 Å². The second kappa shape index (κ2) is 10.5. The maximum atomic E-state index is 12.6. The molecule has 8 heteroatoms. The summed E-state index contributed by atoms with van der Waals surface area (Å²) in [6, 6.07) is 11.5. The van der Waals surface area contributed by atoms with E-state index >= 15 is 0 Å². The van der Waals surface area contributed by atoms with E-state index in [2.05, 4.69) is 5.32 Å². The normalized spacial score (nSPS) is 13.1. The van der Waals surface area contributed by atoms with Gasteiger partial charge >= 0.3 is 5.97 Å². The summed E-state index contributed by atoms with van der Waals surface area (Å²) in [5.74, 6) is 0.0997. The first-order valence-electron chi connectivity index (χ1n) is 10.2. The molecule has 0 radical (unpaired) electrons. The number of esters is 1. The van der Waals surface area contributed by atoms with Crippen molar-refractivity contribution in [2.24, 2.45) is 0 Å². The second-order valence-corrected chi connectivity index (χ2v) is 6.73. The zero-order valence-corrected chi connectivity index (χ0v) is 17.5. The molecule has 2 aromatic rings. The Morgan fingerprint density at radius 2 is 1.77 bits per heavy atom. The van der Waals surface area contributed by atoms with E-state index in [1.54, 1.807) is 56.3 Å². The summed E-state index contributed by atoms with van der Waals surface area (Å²) in [5, 5.41) is 2.60. The van der Waals surface area contributed by atoms with Crippen LogP contribution in [0.5, 0.6) is 17.2 Å². The van der Waals surface area contributed by atoms with Crippen molar-refractivity contribution < 1.29 is 33.3 Å². The molecule has 1 unspecified atom stereocenters. The van der Waals surface area contributed by atoms with Crippen molar-refractivity contribution in [3.63, 3.8) is 0 Å². The predicted octanol–water partition coefficient (Wildman–Crippen LogP) is 2.79. The lowest BCUT2D eigenvalue weighted by Crippen LogP contribution is -2.40. The van der Waals surface area contributed by atoms with Gasteiger partial charge in [0, 0.05) is 5.56 Å². The number of fused-ring (bicyclic) bond motifs is 1. The van der Waals surface area contributed by atoms with E-state index in [4.69, 9.17) is 18.9 Å². The zero-order valence-electron chi connectivity index (χ0n) is 17.5. The third-order valence-corrected chi connectivity index (χ3v) is 4.60. The number of para-hydroxylation sites is 1. The van der Waals surface area contributed by atoms with E-state index in [0.29, 0.717) is 36.7 Å². The molecule has 0 bridgehead atoms. The molecule has 1 N–H and O–H groups in total. The van der Waals surface area contributed by atoms with Gasteiger partial charge < -0.3 is 24.3 Å². The zero-order chi connectivity index (χ0) is 22.2. The molecule has 164 valence electrons. The van der Waals surface area contributed by atoms with Crippen LogP contribution < -0.4 is 19.5 Å². The van der Waals surface area contributed by atoms with E-state index in [9.17, 15) is 14.4 Å². The lowest BCUT2D eigenvalue weighted by Gasteiger charge is -2.19. The maximum Gasteiger partial charge on any atom is 0.341 e. The summed E-state index contributed by atoms with van der Waals surface area (Å²) in [4.78, 5) is 37.2. The summed E-state index contributed by atoms with van der Waals surface area (Å²) >= 11 is 0. The highest BCUT2D eigenvalue weighted by Gasteiger charge is 2.23. The lowest BCUT2D eigenvalue weighted by molar-refractivity contribution is -0.127. The van der Waals surface area contributed by atoms with Crippen LogP contribution in [0.4, 0.5) is 0 Å². The van der Waals surface area contributed by atoms with Gasteiger partial charge in [0.1, 0.15) is 24.5 Å². The highest BCUT2D eigenvalue weighted by atomic mass is 16.6. The van der Waals surface area contributed by atoms with Crippen molar-refractivity contribution in [1.82, 2.24) is 5.32 Å². The molecule has 1 atom stereocenters. The number of carbonyl (C=O) groups is 3. The fourth-order valence-electron chi connectivity index (χ4n) is 3.02. The van der Waals surface area contributed by atoms with Crippen LogP contribution in [0.25, 0.3) is 0 Å². The number of hydrogen-bond acceptors (Lipinski definition) is 7. The minimum atomic E-state index is -0.872. The number of amides is 1. The fraction of sp³-hybridized carbons (Fsp3) is 0.348. The van der Waals surface area contributed by atoms with Crippen molar-refractivity contribution >= 4 is 17.7 Å². The van der Waals surface area contributed by atoms with E-state index in [1.165, 1.54) is 0 Å². The molecule has 1 aliphatic rings. The molecule has 0 fully saturated rings. The Morgan fingerprint density at radius 3 is 2.52 bits per heavy atom. The van der Waals surface area contributed by atoms with Gasteiger partial charge in [0.15, 0.2) is 23.4 Å². The molecule has 0 aliphatic carbocycles. The summed E-state index contributed by atoms with van der Waals surface area (Å²) in [5.41, 5.74) is 0.647. The molecular formula is C23H25NO7. The summed E-state index contributed by atoms with van der Waals surface area (Å²) in [6.07, 6.45) is -0.523. The Kier molecular flexibility index (Phi) is 7.48. The fourth-order valence-corrected chi connectivity index (χ4v) is 3.02. The molecular weight excluding hydrogens is 402 g/mol. The molecule has 0 saturated heterocycles. The van der Waals surface area contributed by atoms with Gasteiger partial charge in [0.05, 0.1) is 13.2 Å². The Bertz CT molecular complexity index is 957. The summed E-state index contributed by atoms with van der Waals surface area (Å²) in [7, 11) is 0. The molecule has 8 nitrogen and oxygen atoms in total. The van der Waals surface area contributed by atoms with Crippen molar-refractivity contribution in [3.05, 3.63) is 53.6 Å². The molecule has 1 heterocycles. The number of benzene rings is 2. The van der Waals surface area contributed by atoms with Crippen molar-refractivity contribution in [3.8, 4) is 17.2 Å². The van der Waals surface area contributed by atoms with Crippen LogP contribution >= 0.6 is 0 Å². The van der Waals surface area contributed by atoms with Crippen molar-refractivity contribution in [1.29, 1.82) is 0 Å². The molecule has 3 rings (SSSR count). The SMILES string of the molecule is CCOC(=O)c1ccccc1OC(CC)C(=O)NCC(=O)c1ccc2c(c1)OCCO2. The number of hydrogen-bond donors (Lipinski definition) is 1. The average molecular weight is 427 g/mol. The van der Waals surface area contributed by atoms with Gasteiger partial charge in [-0.2, -0.15) is 0 Å². The van der Waals surface area contributed by atoms with Gasteiger partial charge in [-0.05, 0) is 43.7 Å². The number of carbonyl (C=O) groups excluding carboxylic acids is 3. The van der Waals surface area contributed by atoms with Crippen LogP contribution in [0.3, 0.4) is 0 Å². The van der Waals surface area contributed by atoms with Gasteiger partial charge in [0.25, 0.3) is 5.91 Å². The van der Waals surface area contributed by atoms with E-state index in [1.807, 2.05) is 0 Å². The van der Waals surface area contributed by atoms with Gasteiger partial charge in [-0.3, -0.25) is 9.59 Å². The topological polar surface area (TPSA) is 100 Å². The second-order valence-electron chi connectivity index (χ2n) is 6.73. The monoisotopic (exact) mass is 427 g/mol. The molecule has 0 aromatic heterocycles. The van der Waals surface area contributed by atoms with Crippen LogP contribution in [0, 0.1) is 0 Å². The molecule has 2 aromatic carbocycles. The van der Waals surface area contributed by atoms with Gasteiger partial charge in [-0.1, -0.05) is 19.1 Å². The summed E-state index contributed by atoms with van der Waals surface area (Å²) in [6.45, 7) is 4.41. The number of ether oxygens (including phenoxy) is 4. The Labute approximate surface area is 180 Å².